The molecule has 2 heteroatoms. The number of ether oxygens (including phenoxy) is 1. The fraction of sp³-hybridized carbons (Fsp3) is 1.00. The standard InChI is InChI=1S/C10H20O2/c1-2-3-10(11)8-12-7-6-9-4-5-9/h9-11H,2-8H2,1H3. The van der Waals surface area contributed by atoms with Crippen LogP contribution in [0.3, 0.4) is 0 Å². The monoisotopic (exact) mass is 172 g/mol. The molecule has 0 radical (unpaired) electrons. The van der Waals surface area contributed by atoms with Crippen molar-refractivity contribution in [1.82, 2.24) is 0 Å². The number of hydrogen-bond donors (Lipinski definition) is 1. The van der Waals surface area contributed by atoms with Crippen LogP contribution in [0, 0.1) is 5.92 Å². The van der Waals surface area contributed by atoms with E-state index in [-0.39, 0.29) is 6.10 Å². The first-order chi connectivity index (χ1) is 5.83. The van der Waals surface area contributed by atoms with Crippen molar-refractivity contribution >= 4 is 0 Å². The highest BCUT2D eigenvalue weighted by Gasteiger charge is 2.20. The molecule has 1 saturated carbocycles. The largest absolute Gasteiger partial charge is 0.391 e. The van der Waals surface area contributed by atoms with Gasteiger partial charge in [-0.25, -0.2) is 0 Å². The molecule has 0 bridgehead atoms. The summed E-state index contributed by atoms with van der Waals surface area (Å²) in [6.07, 6.45) is 5.63. The highest BCUT2D eigenvalue weighted by molar-refractivity contribution is 4.72. The predicted molar refractivity (Wildman–Crippen MR) is 49.1 cm³/mol. The van der Waals surface area contributed by atoms with Crippen LogP contribution in [0.5, 0.6) is 0 Å². The Labute approximate surface area is 74.9 Å². The SMILES string of the molecule is CCCC(O)COCCC1CC1. The zero-order valence-electron chi connectivity index (χ0n) is 7.96. The summed E-state index contributed by atoms with van der Waals surface area (Å²) in [5, 5.41) is 9.31. The van der Waals surface area contributed by atoms with E-state index in [1.165, 1.54) is 19.3 Å². The quantitative estimate of drug-likeness (QED) is 0.595. The minimum atomic E-state index is -0.241. The molecule has 1 N–H and O–H groups in total. The summed E-state index contributed by atoms with van der Waals surface area (Å²) in [7, 11) is 0. The van der Waals surface area contributed by atoms with Gasteiger partial charge < -0.3 is 9.84 Å². The van der Waals surface area contributed by atoms with Gasteiger partial charge in [0.05, 0.1) is 12.7 Å². The van der Waals surface area contributed by atoms with E-state index >= 15 is 0 Å². The Bertz CT molecular complexity index is 110. The van der Waals surface area contributed by atoms with Crippen molar-refractivity contribution in [2.75, 3.05) is 13.2 Å². The molecule has 1 rings (SSSR count). The van der Waals surface area contributed by atoms with Gasteiger partial charge in [0.15, 0.2) is 0 Å². The first kappa shape index (κ1) is 10.0. The third kappa shape index (κ3) is 4.73. The zero-order chi connectivity index (χ0) is 8.81. The number of hydrogen-bond acceptors (Lipinski definition) is 2. The Balaban J connectivity index is 1.80. The first-order valence-corrected chi connectivity index (χ1v) is 5.08. The minimum absolute atomic E-state index is 0.241. The van der Waals surface area contributed by atoms with Gasteiger partial charge >= 0.3 is 0 Å². The van der Waals surface area contributed by atoms with Crippen LogP contribution < -0.4 is 0 Å². The van der Waals surface area contributed by atoms with Crippen LogP contribution in [0.25, 0.3) is 0 Å². The average Bonchev–Trinajstić information content (AvgIpc) is 2.82. The lowest BCUT2D eigenvalue weighted by atomic mass is 10.2. The van der Waals surface area contributed by atoms with Crippen molar-refractivity contribution < 1.29 is 9.84 Å². The van der Waals surface area contributed by atoms with Crippen LogP contribution in [0.15, 0.2) is 0 Å². The van der Waals surface area contributed by atoms with E-state index in [1.807, 2.05) is 0 Å². The van der Waals surface area contributed by atoms with Gasteiger partial charge in [-0.2, -0.15) is 0 Å². The molecule has 72 valence electrons. The van der Waals surface area contributed by atoms with Gasteiger partial charge in [-0.15, -0.1) is 0 Å². The van der Waals surface area contributed by atoms with Crippen molar-refractivity contribution in [1.29, 1.82) is 0 Å². The summed E-state index contributed by atoms with van der Waals surface area (Å²) in [6, 6.07) is 0. The number of rotatable bonds is 7. The topological polar surface area (TPSA) is 29.5 Å². The lowest BCUT2D eigenvalue weighted by Gasteiger charge is -2.09. The highest BCUT2D eigenvalue weighted by Crippen LogP contribution is 2.32. The lowest BCUT2D eigenvalue weighted by Crippen LogP contribution is -2.15. The Kier molecular flexibility index (Phi) is 4.62. The van der Waals surface area contributed by atoms with E-state index in [9.17, 15) is 5.11 Å². The average molecular weight is 172 g/mol. The van der Waals surface area contributed by atoms with Crippen LogP contribution >= 0.6 is 0 Å². The molecular formula is C10H20O2. The fourth-order valence-corrected chi connectivity index (χ4v) is 1.29. The molecule has 1 atom stereocenters. The third-order valence-electron chi connectivity index (χ3n) is 2.30. The second kappa shape index (κ2) is 5.55. The van der Waals surface area contributed by atoms with Crippen LogP contribution in [0.4, 0.5) is 0 Å². The molecule has 0 spiro atoms. The molecule has 1 unspecified atom stereocenters. The summed E-state index contributed by atoms with van der Waals surface area (Å²) in [6.45, 7) is 3.44. The molecule has 12 heavy (non-hydrogen) atoms. The third-order valence-corrected chi connectivity index (χ3v) is 2.30. The molecule has 2 nitrogen and oxygen atoms in total. The van der Waals surface area contributed by atoms with Crippen LogP contribution in [-0.4, -0.2) is 24.4 Å². The Hall–Kier alpha value is -0.0800. The van der Waals surface area contributed by atoms with Gasteiger partial charge in [0.25, 0.3) is 0 Å². The Morgan fingerprint density at radius 1 is 1.50 bits per heavy atom. The van der Waals surface area contributed by atoms with Crippen molar-refractivity contribution in [3.8, 4) is 0 Å². The maximum Gasteiger partial charge on any atom is 0.0773 e. The van der Waals surface area contributed by atoms with Crippen LogP contribution in [-0.2, 0) is 4.74 Å². The maximum absolute atomic E-state index is 9.31. The van der Waals surface area contributed by atoms with Gasteiger partial charge in [-0.1, -0.05) is 26.2 Å². The number of aliphatic hydroxyl groups excluding tert-OH is 1. The molecule has 1 aliphatic rings. The fourth-order valence-electron chi connectivity index (χ4n) is 1.29. The summed E-state index contributed by atoms with van der Waals surface area (Å²) in [4.78, 5) is 0. The lowest BCUT2D eigenvalue weighted by molar-refractivity contribution is 0.0300. The molecule has 0 aromatic heterocycles. The molecule has 0 aromatic rings. The van der Waals surface area contributed by atoms with Crippen molar-refractivity contribution in [3.63, 3.8) is 0 Å². The van der Waals surface area contributed by atoms with E-state index < -0.39 is 0 Å². The second-order valence-electron chi connectivity index (χ2n) is 3.75. The Morgan fingerprint density at radius 3 is 2.83 bits per heavy atom. The number of aliphatic hydroxyl groups is 1. The van der Waals surface area contributed by atoms with E-state index in [0.29, 0.717) is 6.61 Å². The zero-order valence-corrected chi connectivity index (χ0v) is 7.96. The Morgan fingerprint density at radius 2 is 2.25 bits per heavy atom. The van der Waals surface area contributed by atoms with Gasteiger partial charge in [0.1, 0.15) is 0 Å². The van der Waals surface area contributed by atoms with Crippen molar-refractivity contribution in [2.24, 2.45) is 5.92 Å². The summed E-state index contributed by atoms with van der Waals surface area (Å²) in [5.41, 5.74) is 0. The normalized spacial score (nSPS) is 19.5. The molecule has 0 heterocycles. The molecular weight excluding hydrogens is 152 g/mol. The predicted octanol–water partition coefficient (Wildman–Crippen LogP) is 1.96. The van der Waals surface area contributed by atoms with Crippen LogP contribution in [0.1, 0.15) is 39.0 Å². The summed E-state index contributed by atoms with van der Waals surface area (Å²) >= 11 is 0. The molecule has 1 aliphatic carbocycles. The smallest absolute Gasteiger partial charge is 0.0773 e. The summed E-state index contributed by atoms with van der Waals surface area (Å²) in [5.74, 6) is 0.938. The van der Waals surface area contributed by atoms with E-state index in [0.717, 1.165) is 25.4 Å². The van der Waals surface area contributed by atoms with Gasteiger partial charge in [-0.3, -0.25) is 0 Å². The minimum Gasteiger partial charge on any atom is -0.391 e. The van der Waals surface area contributed by atoms with E-state index in [1.54, 1.807) is 0 Å². The molecule has 0 aromatic carbocycles. The van der Waals surface area contributed by atoms with E-state index in [2.05, 4.69) is 6.92 Å². The highest BCUT2D eigenvalue weighted by atomic mass is 16.5. The first-order valence-electron chi connectivity index (χ1n) is 5.08. The van der Waals surface area contributed by atoms with Crippen molar-refractivity contribution in [3.05, 3.63) is 0 Å². The molecule has 0 saturated heterocycles. The van der Waals surface area contributed by atoms with Gasteiger partial charge in [0.2, 0.25) is 0 Å². The van der Waals surface area contributed by atoms with Gasteiger partial charge in [-0.05, 0) is 18.8 Å². The van der Waals surface area contributed by atoms with Gasteiger partial charge in [0, 0.05) is 6.61 Å². The molecule has 1 fully saturated rings. The second-order valence-corrected chi connectivity index (χ2v) is 3.75. The summed E-state index contributed by atoms with van der Waals surface area (Å²) < 4.78 is 5.35. The van der Waals surface area contributed by atoms with E-state index in [4.69, 9.17) is 4.74 Å². The maximum atomic E-state index is 9.31. The molecule has 0 aliphatic heterocycles. The molecule has 0 amide bonds. The van der Waals surface area contributed by atoms with Crippen molar-refractivity contribution in [2.45, 2.75) is 45.1 Å². The van der Waals surface area contributed by atoms with Crippen LogP contribution in [0.2, 0.25) is 0 Å².